The van der Waals surface area contributed by atoms with Gasteiger partial charge in [0.1, 0.15) is 18.2 Å². The Morgan fingerprint density at radius 2 is 1.14 bits per heavy atom. The largest absolute Gasteiger partial charge is 0.457 e. The van der Waals surface area contributed by atoms with E-state index < -0.39 is 45.9 Å². The highest BCUT2D eigenvalue weighted by Crippen LogP contribution is 2.57. The standard InChI is InChI=1S/C56H48N5O7PS/c1-40(62)68-52(49-37-59(2)58-57-49)51-53(63)60(54(51)70-56(42-21-9-3-10-22-42,43-23-11-4-12-24-43)44-25-13-5-14-26-44)38-50(55(64)67-39-41-33-35-45(36-34-41)61(65)66)69(46-27-15-6-16-28-46,47-29-17-7-18-30-47)48-31-19-8-20-32-48/h3-37,51-52,54H,38-39H2,1-2H3/t51-,52?,54+/m0/s1. The summed E-state index contributed by atoms with van der Waals surface area (Å²) in [5.41, 5.74) is 3.56. The summed E-state index contributed by atoms with van der Waals surface area (Å²) < 4.78 is 13.0. The van der Waals surface area contributed by atoms with Gasteiger partial charge in [-0.2, -0.15) is 0 Å². The van der Waals surface area contributed by atoms with E-state index in [1.807, 2.05) is 146 Å². The number of rotatable bonds is 17. The van der Waals surface area contributed by atoms with Crippen LogP contribution in [0, 0.1) is 16.0 Å². The Morgan fingerprint density at radius 3 is 1.54 bits per heavy atom. The number of aromatic nitrogens is 3. The minimum absolute atomic E-state index is 0.0926. The lowest BCUT2D eigenvalue weighted by Crippen LogP contribution is -2.64. The van der Waals surface area contributed by atoms with E-state index in [4.69, 9.17) is 9.47 Å². The average molecular weight is 966 g/mol. The van der Waals surface area contributed by atoms with Crippen LogP contribution >= 0.6 is 18.6 Å². The molecular formula is C56H48N5O7PS. The van der Waals surface area contributed by atoms with Crippen molar-refractivity contribution >= 4 is 63.4 Å². The van der Waals surface area contributed by atoms with Crippen LogP contribution in [0.2, 0.25) is 0 Å². The van der Waals surface area contributed by atoms with Crippen LogP contribution in [0.4, 0.5) is 5.69 Å². The quantitative estimate of drug-likeness (QED) is 0.0217. The number of thioether (sulfide) groups is 1. The van der Waals surface area contributed by atoms with Gasteiger partial charge in [-0.15, -0.1) is 16.9 Å². The van der Waals surface area contributed by atoms with Crippen LogP contribution < -0.4 is 15.9 Å². The first-order valence-electron chi connectivity index (χ1n) is 22.6. The highest BCUT2D eigenvalue weighted by molar-refractivity contribution is 8.01. The number of likely N-dealkylation sites (tertiary alicyclic amines) is 1. The Hall–Kier alpha value is -7.86. The summed E-state index contributed by atoms with van der Waals surface area (Å²) in [6.07, 6.45) is 0.496. The molecule has 14 heteroatoms. The molecule has 1 amide bonds. The fraction of sp³-hybridized carbons (Fsp3) is 0.143. The molecule has 3 atom stereocenters. The van der Waals surface area contributed by atoms with Crippen LogP contribution in [0.1, 0.15) is 41.0 Å². The molecule has 1 aromatic heterocycles. The van der Waals surface area contributed by atoms with Crippen molar-refractivity contribution in [1.29, 1.82) is 0 Å². The fourth-order valence-electron chi connectivity index (χ4n) is 9.31. The molecule has 7 aromatic carbocycles. The molecule has 1 saturated heterocycles. The van der Waals surface area contributed by atoms with Gasteiger partial charge in [0.2, 0.25) is 5.91 Å². The fourth-order valence-corrected chi connectivity index (χ4v) is 15.6. The van der Waals surface area contributed by atoms with Crippen LogP contribution in [-0.2, 0) is 42.3 Å². The zero-order valence-electron chi connectivity index (χ0n) is 38.3. The topological polar surface area (TPSA) is 147 Å². The van der Waals surface area contributed by atoms with E-state index in [0.717, 1.165) is 32.6 Å². The Morgan fingerprint density at radius 1 is 0.700 bits per heavy atom. The third-order valence-corrected chi connectivity index (χ3v) is 18.7. The van der Waals surface area contributed by atoms with Gasteiger partial charge in [-0.3, -0.25) is 24.4 Å². The molecule has 0 bridgehead atoms. The van der Waals surface area contributed by atoms with Crippen LogP contribution in [0.5, 0.6) is 0 Å². The molecule has 70 heavy (non-hydrogen) atoms. The lowest BCUT2D eigenvalue weighted by molar-refractivity contribution is -0.384. The number of hydrogen-bond acceptors (Lipinski definition) is 10. The number of ether oxygens (including phenoxy) is 2. The van der Waals surface area contributed by atoms with Crippen molar-refractivity contribution in [2.45, 2.75) is 29.8 Å². The number of amides is 1. The number of esters is 2. The molecule has 0 N–H and O–H groups in total. The summed E-state index contributed by atoms with van der Waals surface area (Å²) in [7, 11) is 1.71. The summed E-state index contributed by atoms with van der Waals surface area (Å²) in [6.45, 7) is -2.34. The number of aryl methyl sites for hydroxylation is 1. The van der Waals surface area contributed by atoms with E-state index in [-0.39, 0.29) is 24.7 Å². The maximum absolute atomic E-state index is 15.7. The molecule has 1 aliphatic heterocycles. The third kappa shape index (κ3) is 9.21. The van der Waals surface area contributed by atoms with Gasteiger partial charge in [0.25, 0.3) is 5.69 Å². The van der Waals surface area contributed by atoms with Crippen LogP contribution in [0.3, 0.4) is 0 Å². The number of nitro groups is 1. The van der Waals surface area contributed by atoms with Gasteiger partial charge in [0.05, 0.1) is 33.1 Å². The third-order valence-electron chi connectivity index (χ3n) is 12.5. The normalized spacial score (nSPS) is 15.1. The molecule has 9 rings (SSSR count). The second kappa shape index (κ2) is 20.8. The van der Waals surface area contributed by atoms with Crippen molar-refractivity contribution in [2.75, 3.05) is 6.54 Å². The van der Waals surface area contributed by atoms with Gasteiger partial charge in [0, 0.05) is 26.1 Å². The summed E-state index contributed by atoms with van der Waals surface area (Å²) in [4.78, 5) is 57.3. The lowest BCUT2D eigenvalue weighted by Gasteiger charge is -2.52. The van der Waals surface area contributed by atoms with Gasteiger partial charge in [-0.05, 0) is 57.2 Å². The van der Waals surface area contributed by atoms with Crippen LogP contribution in [0.15, 0.2) is 212 Å². The van der Waals surface area contributed by atoms with Crippen molar-refractivity contribution in [2.24, 2.45) is 13.0 Å². The predicted molar refractivity (Wildman–Crippen MR) is 274 cm³/mol. The number of nitrogens with zero attached hydrogens (tertiary/aromatic N) is 5. The molecule has 2 heterocycles. The SMILES string of the molecule is CC(=O)OC(c1cn(C)nn1)[C@H]1C(=O)N(CC(C(=O)OCc2ccc([N+](=O)[O-])cc2)=P(c2ccccc2)(c2ccccc2)c2ccccc2)[C@@H]1SC(c1ccccc1)(c1ccccc1)c1ccccc1. The van der Waals surface area contributed by atoms with Gasteiger partial charge < -0.3 is 14.4 Å². The summed E-state index contributed by atoms with van der Waals surface area (Å²) in [6, 6.07) is 65.7. The summed E-state index contributed by atoms with van der Waals surface area (Å²) in [5, 5.41) is 22.2. The molecule has 0 saturated carbocycles. The zero-order valence-corrected chi connectivity index (χ0v) is 40.0. The predicted octanol–water partition coefficient (Wildman–Crippen LogP) is 8.75. The highest BCUT2D eigenvalue weighted by Gasteiger charge is 2.58. The first kappa shape index (κ1) is 47.2. The van der Waals surface area contributed by atoms with E-state index in [9.17, 15) is 14.9 Å². The number of hydrogen-bond donors (Lipinski definition) is 0. The van der Waals surface area contributed by atoms with Gasteiger partial charge in [-0.1, -0.05) is 187 Å². The molecule has 350 valence electrons. The number of β-lactam (4-membered cyclic amide) rings is 1. The average Bonchev–Trinajstić information content (AvgIpc) is 3.85. The summed E-state index contributed by atoms with van der Waals surface area (Å²) in [5.74, 6) is -2.62. The second-order valence-electron chi connectivity index (χ2n) is 16.8. The first-order chi connectivity index (χ1) is 34.1. The van der Waals surface area contributed by atoms with Crippen LogP contribution in [-0.4, -0.2) is 59.9 Å². The molecule has 0 aliphatic carbocycles. The Bertz CT molecular complexity index is 2960. The second-order valence-corrected chi connectivity index (χ2v) is 21.5. The molecule has 1 fully saturated rings. The highest BCUT2D eigenvalue weighted by atomic mass is 32.2. The van der Waals surface area contributed by atoms with Crippen molar-refractivity contribution in [3.8, 4) is 0 Å². The van der Waals surface area contributed by atoms with E-state index in [1.165, 1.54) is 35.5 Å². The van der Waals surface area contributed by atoms with Gasteiger partial charge in [-0.25, -0.2) is 4.79 Å². The van der Waals surface area contributed by atoms with E-state index in [1.54, 1.807) is 30.3 Å². The lowest BCUT2D eigenvalue weighted by atomic mass is 9.84. The van der Waals surface area contributed by atoms with Crippen molar-refractivity contribution in [1.82, 2.24) is 19.9 Å². The van der Waals surface area contributed by atoms with Gasteiger partial charge >= 0.3 is 11.9 Å². The Kier molecular flexibility index (Phi) is 14.0. The number of carbonyl (C=O) groups is 3. The van der Waals surface area contributed by atoms with E-state index in [2.05, 4.69) is 46.7 Å². The molecule has 1 aliphatic rings. The van der Waals surface area contributed by atoms with Crippen LogP contribution in [0.25, 0.3) is 0 Å². The molecular weight excluding hydrogens is 918 g/mol. The van der Waals surface area contributed by atoms with Gasteiger partial charge in [0.15, 0.2) is 6.10 Å². The Labute approximate surface area is 410 Å². The number of nitro benzene ring substituents is 1. The molecule has 1 unspecified atom stereocenters. The minimum Gasteiger partial charge on any atom is -0.457 e. The van der Waals surface area contributed by atoms with Crippen molar-refractivity contribution in [3.63, 3.8) is 0 Å². The zero-order chi connectivity index (χ0) is 48.7. The summed E-state index contributed by atoms with van der Waals surface area (Å²) >= 11 is 1.53. The first-order valence-corrected chi connectivity index (χ1v) is 25.3. The van der Waals surface area contributed by atoms with E-state index in [0.29, 0.717) is 16.6 Å². The molecule has 8 aromatic rings. The van der Waals surface area contributed by atoms with Crippen molar-refractivity contribution < 1.29 is 28.8 Å². The monoisotopic (exact) mass is 965 g/mol. The molecule has 0 radical (unpaired) electrons. The smallest absolute Gasteiger partial charge is 0.337 e. The maximum atomic E-state index is 15.7. The van der Waals surface area contributed by atoms with Crippen molar-refractivity contribution in [3.05, 3.63) is 251 Å². The molecule has 12 nitrogen and oxygen atoms in total. The Balaban J connectivity index is 1.31. The maximum Gasteiger partial charge on any atom is 0.337 e. The molecule has 0 spiro atoms. The number of carbonyl (C=O) groups excluding carboxylic acids is 3. The van der Waals surface area contributed by atoms with E-state index >= 15 is 9.59 Å². The number of benzene rings is 7. The number of non-ortho nitro benzene ring substituents is 1. The minimum atomic E-state index is -3.26.